The van der Waals surface area contributed by atoms with Crippen molar-refractivity contribution >= 4 is 11.7 Å². The van der Waals surface area contributed by atoms with E-state index in [0.29, 0.717) is 6.54 Å². The van der Waals surface area contributed by atoms with Crippen LogP contribution in [0.1, 0.15) is 48.9 Å². The number of amides is 1. The van der Waals surface area contributed by atoms with Gasteiger partial charge in [-0.3, -0.25) is 9.59 Å². The van der Waals surface area contributed by atoms with Gasteiger partial charge in [0.25, 0.3) is 0 Å². The predicted octanol–water partition coefficient (Wildman–Crippen LogP) is 2.48. The Kier molecular flexibility index (Phi) is 3.90. The molecule has 1 saturated carbocycles. The normalized spacial score (nSPS) is 19.7. The molecule has 2 fully saturated rings. The van der Waals surface area contributed by atoms with Crippen molar-refractivity contribution in [2.24, 2.45) is 5.92 Å². The Hall–Kier alpha value is -1.58. The van der Waals surface area contributed by atoms with Crippen molar-refractivity contribution in [3.8, 4) is 0 Å². The summed E-state index contributed by atoms with van der Waals surface area (Å²) in [5.74, 6) is 0.658. The first-order valence-electron chi connectivity index (χ1n) is 7.72. The third-order valence-electron chi connectivity index (χ3n) is 4.26. The van der Waals surface area contributed by atoms with Gasteiger partial charge in [0.1, 0.15) is 6.54 Å². The van der Waals surface area contributed by atoms with Gasteiger partial charge in [-0.1, -0.05) is 12.8 Å². The minimum Gasteiger partial charge on any atom is -0.344 e. The van der Waals surface area contributed by atoms with Crippen molar-refractivity contribution in [1.82, 2.24) is 9.47 Å². The summed E-state index contributed by atoms with van der Waals surface area (Å²) >= 11 is 0. The average Bonchev–Trinajstić information content (AvgIpc) is 3.23. The van der Waals surface area contributed by atoms with Crippen LogP contribution < -0.4 is 0 Å². The molecule has 2 heterocycles. The van der Waals surface area contributed by atoms with E-state index in [4.69, 9.17) is 0 Å². The van der Waals surface area contributed by atoms with E-state index in [1.165, 1.54) is 12.8 Å². The maximum atomic E-state index is 12.3. The van der Waals surface area contributed by atoms with Gasteiger partial charge in [-0.05, 0) is 31.7 Å². The molecule has 0 N–H and O–H groups in total. The first kappa shape index (κ1) is 13.4. The van der Waals surface area contributed by atoms with Gasteiger partial charge in [0, 0.05) is 37.0 Å². The fraction of sp³-hybridized carbons (Fsp3) is 0.625. The van der Waals surface area contributed by atoms with Gasteiger partial charge in [-0.2, -0.15) is 0 Å². The largest absolute Gasteiger partial charge is 0.344 e. The number of aromatic nitrogens is 1. The average molecular weight is 274 g/mol. The number of rotatable bonds is 4. The third kappa shape index (κ3) is 3.11. The highest BCUT2D eigenvalue weighted by molar-refractivity contribution is 5.99. The highest BCUT2D eigenvalue weighted by Gasteiger charge is 2.30. The van der Waals surface area contributed by atoms with Crippen molar-refractivity contribution in [2.45, 2.75) is 45.1 Å². The number of likely N-dealkylation sites (tertiary alicyclic amines) is 1. The molecule has 0 spiro atoms. The molecule has 0 atom stereocenters. The van der Waals surface area contributed by atoms with Crippen LogP contribution >= 0.6 is 0 Å². The number of carbonyl (C=O) groups excluding carboxylic acids is 2. The molecule has 1 aliphatic heterocycles. The lowest BCUT2D eigenvalue weighted by atomic mass is 10.1. The molecule has 0 radical (unpaired) electrons. The minimum absolute atomic E-state index is 0.174. The molecule has 1 saturated heterocycles. The smallest absolute Gasteiger partial charge is 0.242 e. The molecule has 0 bridgehead atoms. The van der Waals surface area contributed by atoms with Gasteiger partial charge in [0.05, 0.1) is 0 Å². The van der Waals surface area contributed by atoms with Crippen LogP contribution in [0.4, 0.5) is 0 Å². The van der Waals surface area contributed by atoms with Gasteiger partial charge in [-0.25, -0.2) is 0 Å². The van der Waals surface area contributed by atoms with E-state index in [9.17, 15) is 9.59 Å². The van der Waals surface area contributed by atoms with E-state index >= 15 is 0 Å². The predicted molar refractivity (Wildman–Crippen MR) is 76.5 cm³/mol. The topological polar surface area (TPSA) is 42.3 Å². The second-order valence-electron chi connectivity index (χ2n) is 6.01. The number of ketones is 1. The van der Waals surface area contributed by atoms with E-state index in [1.54, 1.807) is 0 Å². The Labute approximate surface area is 119 Å². The van der Waals surface area contributed by atoms with E-state index in [2.05, 4.69) is 0 Å². The zero-order chi connectivity index (χ0) is 13.9. The summed E-state index contributed by atoms with van der Waals surface area (Å²) in [6, 6.07) is 1.84. The van der Waals surface area contributed by atoms with Crippen molar-refractivity contribution in [1.29, 1.82) is 0 Å². The van der Waals surface area contributed by atoms with Crippen LogP contribution in [0.2, 0.25) is 0 Å². The molecule has 4 heteroatoms. The van der Waals surface area contributed by atoms with Crippen LogP contribution in [0, 0.1) is 5.92 Å². The lowest BCUT2D eigenvalue weighted by molar-refractivity contribution is -0.131. The van der Waals surface area contributed by atoms with E-state index in [-0.39, 0.29) is 17.6 Å². The Bertz CT molecular complexity index is 494. The van der Waals surface area contributed by atoms with Crippen molar-refractivity contribution < 1.29 is 9.59 Å². The molecule has 20 heavy (non-hydrogen) atoms. The van der Waals surface area contributed by atoms with Gasteiger partial charge in [0.2, 0.25) is 5.91 Å². The van der Waals surface area contributed by atoms with Crippen molar-refractivity contribution in [3.05, 3.63) is 24.0 Å². The zero-order valence-corrected chi connectivity index (χ0v) is 11.9. The van der Waals surface area contributed by atoms with E-state index < -0.39 is 0 Å². The van der Waals surface area contributed by atoms with Gasteiger partial charge < -0.3 is 9.47 Å². The number of hydrogen-bond donors (Lipinski definition) is 0. The highest BCUT2D eigenvalue weighted by Crippen LogP contribution is 2.32. The molecule has 1 aromatic heterocycles. The van der Waals surface area contributed by atoms with Crippen LogP contribution in [0.3, 0.4) is 0 Å². The standard InChI is InChI=1S/C16H22N2O2/c19-15(18-8-3-1-2-4-9-18)12-17-10-7-14(11-17)16(20)13-5-6-13/h7,10-11,13H,1-6,8-9,12H2. The summed E-state index contributed by atoms with van der Waals surface area (Å²) in [5.41, 5.74) is 0.760. The summed E-state index contributed by atoms with van der Waals surface area (Å²) in [6.45, 7) is 2.12. The monoisotopic (exact) mass is 274 g/mol. The molecule has 4 nitrogen and oxygen atoms in total. The molecule has 0 aromatic carbocycles. The quantitative estimate of drug-likeness (QED) is 0.792. The third-order valence-corrected chi connectivity index (χ3v) is 4.26. The van der Waals surface area contributed by atoms with Crippen LogP contribution in [0.15, 0.2) is 18.5 Å². The number of nitrogens with zero attached hydrogens (tertiary/aromatic N) is 2. The van der Waals surface area contributed by atoms with Gasteiger partial charge in [-0.15, -0.1) is 0 Å². The Morgan fingerprint density at radius 3 is 2.45 bits per heavy atom. The van der Waals surface area contributed by atoms with Gasteiger partial charge >= 0.3 is 0 Å². The fourth-order valence-electron chi connectivity index (χ4n) is 2.84. The Morgan fingerprint density at radius 1 is 1.10 bits per heavy atom. The summed E-state index contributed by atoms with van der Waals surface area (Å²) in [6.07, 6.45) is 10.4. The summed E-state index contributed by atoms with van der Waals surface area (Å²) in [4.78, 5) is 26.2. The number of Topliss-reactive ketones (excluding diaryl/α,β-unsaturated/α-hetero) is 1. The minimum atomic E-state index is 0.174. The molecule has 0 unspecified atom stereocenters. The molecule has 108 valence electrons. The lowest BCUT2D eigenvalue weighted by Crippen LogP contribution is -2.34. The Morgan fingerprint density at radius 2 is 1.80 bits per heavy atom. The fourth-order valence-corrected chi connectivity index (χ4v) is 2.84. The second kappa shape index (κ2) is 5.81. The van der Waals surface area contributed by atoms with E-state index in [1.807, 2.05) is 27.9 Å². The maximum Gasteiger partial charge on any atom is 0.242 e. The van der Waals surface area contributed by atoms with Crippen molar-refractivity contribution in [3.63, 3.8) is 0 Å². The SMILES string of the molecule is O=C(c1ccn(CC(=O)N2CCCCCC2)c1)C1CC1. The number of hydrogen-bond acceptors (Lipinski definition) is 2. The van der Waals surface area contributed by atoms with Crippen LogP contribution in [-0.4, -0.2) is 34.2 Å². The van der Waals surface area contributed by atoms with E-state index in [0.717, 1.165) is 44.3 Å². The number of carbonyl (C=O) groups is 2. The van der Waals surface area contributed by atoms with Crippen LogP contribution in [0.25, 0.3) is 0 Å². The summed E-state index contributed by atoms with van der Waals surface area (Å²) in [5, 5.41) is 0. The molecular formula is C16H22N2O2. The summed E-state index contributed by atoms with van der Waals surface area (Å²) in [7, 11) is 0. The molecule has 1 aromatic rings. The van der Waals surface area contributed by atoms with Crippen LogP contribution in [-0.2, 0) is 11.3 Å². The molecule has 3 rings (SSSR count). The first-order valence-corrected chi connectivity index (χ1v) is 7.72. The second-order valence-corrected chi connectivity index (χ2v) is 6.01. The summed E-state index contributed by atoms with van der Waals surface area (Å²) < 4.78 is 1.85. The van der Waals surface area contributed by atoms with Gasteiger partial charge in [0.15, 0.2) is 5.78 Å². The lowest BCUT2D eigenvalue weighted by Gasteiger charge is -2.20. The maximum absolute atomic E-state index is 12.3. The molecular weight excluding hydrogens is 252 g/mol. The Balaban J connectivity index is 1.59. The van der Waals surface area contributed by atoms with Crippen molar-refractivity contribution in [2.75, 3.05) is 13.1 Å². The molecule has 1 amide bonds. The molecule has 1 aliphatic carbocycles. The molecule has 2 aliphatic rings. The van der Waals surface area contributed by atoms with Crippen LogP contribution in [0.5, 0.6) is 0 Å². The zero-order valence-electron chi connectivity index (χ0n) is 11.9. The highest BCUT2D eigenvalue weighted by atomic mass is 16.2. The first-order chi connectivity index (χ1) is 9.74.